The van der Waals surface area contributed by atoms with Gasteiger partial charge in [-0.1, -0.05) is 6.92 Å². The number of carboxylic acid groups (broad SMARTS) is 1. The third kappa shape index (κ3) is 2.16. The van der Waals surface area contributed by atoms with Gasteiger partial charge in [-0.3, -0.25) is 9.69 Å². The zero-order valence-corrected chi connectivity index (χ0v) is 9.19. The van der Waals surface area contributed by atoms with Crippen molar-refractivity contribution in [2.75, 3.05) is 19.7 Å². The SMILES string of the molecule is CCC1CN(C2CCC2C(=O)O)CCO1. The van der Waals surface area contributed by atoms with Crippen molar-refractivity contribution >= 4 is 5.97 Å². The molecule has 0 spiro atoms. The summed E-state index contributed by atoms with van der Waals surface area (Å²) in [6.45, 7) is 4.67. The fourth-order valence-electron chi connectivity index (χ4n) is 2.50. The molecule has 0 aromatic heterocycles. The second kappa shape index (κ2) is 4.49. The third-order valence-electron chi connectivity index (χ3n) is 3.65. The van der Waals surface area contributed by atoms with Crippen LogP contribution in [-0.2, 0) is 9.53 Å². The lowest BCUT2D eigenvalue weighted by Gasteiger charge is -2.45. The highest BCUT2D eigenvalue weighted by molar-refractivity contribution is 5.72. The highest BCUT2D eigenvalue weighted by Crippen LogP contribution is 2.33. The van der Waals surface area contributed by atoms with Gasteiger partial charge >= 0.3 is 5.97 Å². The Morgan fingerprint density at radius 3 is 2.87 bits per heavy atom. The lowest BCUT2D eigenvalue weighted by molar-refractivity contribution is -0.152. The number of ether oxygens (including phenoxy) is 1. The number of carboxylic acids is 1. The van der Waals surface area contributed by atoms with Crippen molar-refractivity contribution in [1.29, 1.82) is 0 Å². The van der Waals surface area contributed by atoms with E-state index in [1.165, 1.54) is 0 Å². The molecule has 2 fully saturated rings. The molecule has 4 heteroatoms. The van der Waals surface area contributed by atoms with Crippen molar-refractivity contribution in [2.24, 2.45) is 5.92 Å². The van der Waals surface area contributed by atoms with Gasteiger partial charge in [0.2, 0.25) is 0 Å². The minimum Gasteiger partial charge on any atom is -0.481 e. The molecular weight excluding hydrogens is 194 g/mol. The van der Waals surface area contributed by atoms with Crippen LogP contribution in [0.25, 0.3) is 0 Å². The molecule has 1 heterocycles. The third-order valence-corrected chi connectivity index (χ3v) is 3.65. The molecule has 2 rings (SSSR count). The number of hydrogen-bond donors (Lipinski definition) is 1. The summed E-state index contributed by atoms with van der Waals surface area (Å²) in [5.74, 6) is -0.772. The predicted molar refractivity (Wildman–Crippen MR) is 55.8 cm³/mol. The molecule has 86 valence electrons. The molecule has 0 amide bonds. The lowest BCUT2D eigenvalue weighted by Crippen LogP contribution is -2.55. The Kier molecular flexibility index (Phi) is 3.26. The summed E-state index contributed by atoms with van der Waals surface area (Å²) in [6, 6.07) is 0.264. The molecule has 0 radical (unpaired) electrons. The lowest BCUT2D eigenvalue weighted by atomic mass is 9.78. The molecule has 3 unspecified atom stereocenters. The number of aliphatic carboxylic acids is 1. The van der Waals surface area contributed by atoms with Crippen molar-refractivity contribution < 1.29 is 14.6 Å². The minimum absolute atomic E-state index is 0.138. The van der Waals surface area contributed by atoms with Gasteiger partial charge in [-0.05, 0) is 19.3 Å². The number of hydrogen-bond acceptors (Lipinski definition) is 3. The standard InChI is InChI=1S/C11H19NO3/c1-2-8-7-12(5-6-15-8)10-4-3-9(10)11(13)14/h8-10H,2-7H2,1H3,(H,13,14). The molecule has 15 heavy (non-hydrogen) atoms. The first kappa shape index (κ1) is 10.9. The Bertz CT molecular complexity index is 244. The molecule has 1 saturated heterocycles. The largest absolute Gasteiger partial charge is 0.481 e. The first-order valence-corrected chi connectivity index (χ1v) is 5.80. The zero-order valence-electron chi connectivity index (χ0n) is 9.19. The van der Waals surface area contributed by atoms with Crippen molar-refractivity contribution in [3.63, 3.8) is 0 Å². The van der Waals surface area contributed by atoms with Crippen molar-refractivity contribution in [2.45, 2.75) is 38.3 Å². The summed E-state index contributed by atoms with van der Waals surface area (Å²) in [7, 11) is 0. The second-order valence-electron chi connectivity index (χ2n) is 4.49. The average Bonchev–Trinajstić information content (AvgIpc) is 2.15. The van der Waals surface area contributed by atoms with E-state index in [-0.39, 0.29) is 12.0 Å². The molecule has 3 atom stereocenters. The summed E-state index contributed by atoms with van der Waals surface area (Å²) >= 11 is 0. The summed E-state index contributed by atoms with van der Waals surface area (Å²) in [6.07, 6.45) is 3.19. The van der Waals surface area contributed by atoms with Crippen LogP contribution in [0.1, 0.15) is 26.2 Å². The van der Waals surface area contributed by atoms with E-state index >= 15 is 0 Å². The maximum Gasteiger partial charge on any atom is 0.308 e. The van der Waals surface area contributed by atoms with Gasteiger partial charge in [-0.15, -0.1) is 0 Å². The molecule has 1 saturated carbocycles. The van der Waals surface area contributed by atoms with Crippen molar-refractivity contribution in [3.05, 3.63) is 0 Å². The van der Waals surface area contributed by atoms with Gasteiger partial charge in [-0.2, -0.15) is 0 Å². The van der Waals surface area contributed by atoms with Crippen LogP contribution in [0.5, 0.6) is 0 Å². The molecular formula is C11H19NO3. The van der Waals surface area contributed by atoms with E-state index in [4.69, 9.17) is 9.84 Å². The zero-order chi connectivity index (χ0) is 10.8. The predicted octanol–water partition coefficient (Wildman–Crippen LogP) is 0.960. The molecule has 0 aromatic rings. The fraction of sp³-hybridized carbons (Fsp3) is 0.909. The van der Waals surface area contributed by atoms with Gasteiger partial charge < -0.3 is 9.84 Å². The normalized spacial score (nSPS) is 37.3. The molecule has 1 aliphatic heterocycles. The van der Waals surface area contributed by atoms with E-state index in [1.54, 1.807) is 0 Å². The van der Waals surface area contributed by atoms with E-state index < -0.39 is 5.97 Å². The van der Waals surface area contributed by atoms with Crippen LogP contribution in [-0.4, -0.2) is 47.8 Å². The van der Waals surface area contributed by atoms with Crippen LogP contribution in [0.2, 0.25) is 0 Å². The molecule has 1 N–H and O–H groups in total. The van der Waals surface area contributed by atoms with E-state index in [1.807, 2.05) is 0 Å². The van der Waals surface area contributed by atoms with E-state index in [2.05, 4.69) is 11.8 Å². The number of morpholine rings is 1. The van der Waals surface area contributed by atoms with Gasteiger partial charge in [0.25, 0.3) is 0 Å². The summed E-state index contributed by atoms with van der Waals surface area (Å²) in [5, 5.41) is 9.00. The highest BCUT2D eigenvalue weighted by atomic mass is 16.5. The van der Waals surface area contributed by atoms with E-state index in [0.717, 1.165) is 39.0 Å². The molecule has 4 nitrogen and oxygen atoms in total. The molecule has 0 aromatic carbocycles. The van der Waals surface area contributed by atoms with E-state index in [9.17, 15) is 4.79 Å². The molecule has 2 aliphatic rings. The topological polar surface area (TPSA) is 49.8 Å². The number of rotatable bonds is 3. The number of nitrogens with zero attached hydrogens (tertiary/aromatic N) is 1. The molecule has 1 aliphatic carbocycles. The van der Waals surface area contributed by atoms with Gasteiger partial charge in [0.05, 0.1) is 18.6 Å². The summed E-state index contributed by atoms with van der Waals surface area (Å²) in [5.41, 5.74) is 0. The van der Waals surface area contributed by atoms with Crippen LogP contribution in [0.15, 0.2) is 0 Å². The minimum atomic E-state index is -0.634. The smallest absolute Gasteiger partial charge is 0.308 e. The fourth-order valence-corrected chi connectivity index (χ4v) is 2.50. The summed E-state index contributed by atoms with van der Waals surface area (Å²) in [4.78, 5) is 13.2. The number of carbonyl (C=O) groups is 1. The Labute approximate surface area is 90.2 Å². The van der Waals surface area contributed by atoms with Gasteiger partial charge in [0.1, 0.15) is 0 Å². The molecule has 0 bridgehead atoms. The second-order valence-corrected chi connectivity index (χ2v) is 4.49. The quantitative estimate of drug-likeness (QED) is 0.758. The maximum absolute atomic E-state index is 10.9. The van der Waals surface area contributed by atoms with Crippen LogP contribution in [0.4, 0.5) is 0 Å². The van der Waals surface area contributed by atoms with Crippen LogP contribution >= 0.6 is 0 Å². The van der Waals surface area contributed by atoms with Crippen LogP contribution in [0.3, 0.4) is 0 Å². The first-order chi connectivity index (χ1) is 7.22. The van der Waals surface area contributed by atoms with Gasteiger partial charge in [0.15, 0.2) is 0 Å². The first-order valence-electron chi connectivity index (χ1n) is 5.80. The highest BCUT2D eigenvalue weighted by Gasteiger charge is 2.41. The summed E-state index contributed by atoms with van der Waals surface area (Å²) < 4.78 is 5.58. The monoisotopic (exact) mass is 213 g/mol. The maximum atomic E-state index is 10.9. The average molecular weight is 213 g/mol. The Morgan fingerprint density at radius 1 is 1.53 bits per heavy atom. The Hall–Kier alpha value is -0.610. The van der Waals surface area contributed by atoms with Gasteiger partial charge in [-0.25, -0.2) is 0 Å². The van der Waals surface area contributed by atoms with Crippen molar-refractivity contribution in [1.82, 2.24) is 4.90 Å². The Balaban J connectivity index is 1.90. The Morgan fingerprint density at radius 2 is 2.33 bits per heavy atom. The van der Waals surface area contributed by atoms with Crippen molar-refractivity contribution in [3.8, 4) is 0 Å². The van der Waals surface area contributed by atoms with Gasteiger partial charge in [0, 0.05) is 19.1 Å². The van der Waals surface area contributed by atoms with Crippen LogP contribution in [0, 0.1) is 5.92 Å². The van der Waals surface area contributed by atoms with Crippen LogP contribution < -0.4 is 0 Å². The van der Waals surface area contributed by atoms with E-state index in [0.29, 0.717) is 6.10 Å².